The summed E-state index contributed by atoms with van der Waals surface area (Å²) in [6, 6.07) is 0. The van der Waals surface area contributed by atoms with E-state index in [2.05, 4.69) is 6.92 Å². The summed E-state index contributed by atoms with van der Waals surface area (Å²) in [6.45, 7) is 2.56. The molecule has 0 fully saturated rings. The van der Waals surface area contributed by atoms with Gasteiger partial charge in [0.1, 0.15) is 12.7 Å². The van der Waals surface area contributed by atoms with Crippen LogP contribution in [0, 0.1) is 0 Å². The fourth-order valence-electron chi connectivity index (χ4n) is 2.06. The van der Waals surface area contributed by atoms with E-state index in [4.69, 9.17) is 20.0 Å². The van der Waals surface area contributed by atoms with Crippen molar-refractivity contribution >= 4 is 0 Å². The lowest BCUT2D eigenvalue weighted by molar-refractivity contribution is -0.306. The van der Waals surface area contributed by atoms with Crippen LogP contribution < -0.4 is 0 Å². The molecule has 1 atom stereocenters. The number of hydrogen-bond donors (Lipinski definition) is 2. The van der Waals surface area contributed by atoms with Crippen LogP contribution >= 0.6 is 0 Å². The molecule has 4 nitrogen and oxygen atoms in total. The summed E-state index contributed by atoms with van der Waals surface area (Å²) < 4.78 is 0. The minimum absolute atomic E-state index is 0.0362. The predicted molar refractivity (Wildman–Crippen MR) is 81.5 cm³/mol. The molecule has 0 aromatic carbocycles. The molecule has 122 valence electrons. The lowest BCUT2D eigenvalue weighted by Gasteiger charge is -2.07. The minimum Gasteiger partial charge on any atom is -0.394 e. The molecule has 0 heterocycles. The fourth-order valence-corrected chi connectivity index (χ4v) is 2.06. The zero-order chi connectivity index (χ0) is 14.9. The molecule has 0 aliphatic heterocycles. The molecule has 0 saturated carbocycles. The second-order valence-corrected chi connectivity index (χ2v) is 5.48. The molecule has 0 spiro atoms. The molecule has 1 unspecified atom stereocenters. The molecule has 0 aliphatic carbocycles. The van der Waals surface area contributed by atoms with Crippen LogP contribution in [0.3, 0.4) is 0 Å². The molecule has 0 saturated heterocycles. The first-order valence-corrected chi connectivity index (χ1v) is 8.34. The molecule has 0 bridgehead atoms. The first-order valence-electron chi connectivity index (χ1n) is 8.34. The van der Waals surface area contributed by atoms with E-state index in [-0.39, 0.29) is 13.2 Å². The van der Waals surface area contributed by atoms with Gasteiger partial charge in [-0.05, 0) is 6.42 Å². The van der Waals surface area contributed by atoms with Gasteiger partial charge in [-0.3, -0.25) is 0 Å². The van der Waals surface area contributed by atoms with Crippen LogP contribution in [-0.4, -0.2) is 36.1 Å². The molecule has 20 heavy (non-hydrogen) atoms. The van der Waals surface area contributed by atoms with Crippen LogP contribution in [-0.2, 0) is 9.78 Å². The fraction of sp³-hybridized carbons (Fsp3) is 1.00. The predicted octanol–water partition coefficient (Wildman–Crippen LogP) is 3.60. The number of rotatable bonds is 16. The maximum Gasteiger partial charge on any atom is 0.110 e. The zero-order valence-electron chi connectivity index (χ0n) is 13.2. The van der Waals surface area contributed by atoms with E-state index < -0.39 is 6.10 Å². The Hall–Kier alpha value is -0.160. The number of aliphatic hydroxyl groups is 2. The largest absolute Gasteiger partial charge is 0.394 e. The number of aliphatic hydroxyl groups excluding tert-OH is 2. The van der Waals surface area contributed by atoms with Gasteiger partial charge in [-0.1, -0.05) is 71.1 Å². The topological polar surface area (TPSA) is 58.9 Å². The molecular formula is C16H34O4. The van der Waals surface area contributed by atoms with Crippen molar-refractivity contribution in [1.29, 1.82) is 0 Å². The van der Waals surface area contributed by atoms with Crippen molar-refractivity contribution in [2.45, 2.75) is 83.7 Å². The van der Waals surface area contributed by atoms with Crippen molar-refractivity contribution in [1.82, 2.24) is 0 Å². The summed E-state index contributed by atoms with van der Waals surface area (Å²) in [5.74, 6) is 0. The summed E-state index contributed by atoms with van der Waals surface area (Å²) in [4.78, 5) is 9.69. The van der Waals surface area contributed by atoms with Gasteiger partial charge in [0.15, 0.2) is 0 Å². The van der Waals surface area contributed by atoms with Crippen molar-refractivity contribution in [2.75, 3.05) is 19.8 Å². The summed E-state index contributed by atoms with van der Waals surface area (Å²) in [5.41, 5.74) is 0. The SMILES string of the molecule is CCCCCCCCCCCCCOOCC(O)CO. The Morgan fingerprint density at radius 1 is 0.750 bits per heavy atom. The zero-order valence-corrected chi connectivity index (χ0v) is 13.2. The standard InChI is InChI=1S/C16H34O4/c1-2-3-4-5-6-7-8-9-10-11-12-13-19-20-15-16(18)14-17/h16-18H,2-15H2,1H3. The van der Waals surface area contributed by atoms with Gasteiger partial charge in [0, 0.05) is 0 Å². The Kier molecular flexibility index (Phi) is 16.8. The van der Waals surface area contributed by atoms with Gasteiger partial charge in [0.25, 0.3) is 0 Å². The van der Waals surface area contributed by atoms with E-state index in [1.807, 2.05) is 0 Å². The lowest BCUT2D eigenvalue weighted by atomic mass is 10.1. The Balaban J connectivity index is 2.96. The molecule has 0 aromatic heterocycles. The van der Waals surface area contributed by atoms with E-state index in [1.165, 1.54) is 64.2 Å². The number of unbranched alkanes of at least 4 members (excludes halogenated alkanes) is 10. The van der Waals surface area contributed by atoms with E-state index in [9.17, 15) is 0 Å². The van der Waals surface area contributed by atoms with Crippen molar-refractivity contribution in [3.8, 4) is 0 Å². The van der Waals surface area contributed by atoms with Crippen molar-refractivity contribution in [2.24, 2.45) is 0 Å². The highest BCUT2D eigenvalue weighted by molar-refractivity contribution is 4.48. The highest BCUT2D eigenvalue weighted by atomic mass is 17.2. The summed E-state index contributed by atoms with van der Waals surface area (Å²) in [5, 5.41) is 17.5. The Bertz CT molecular complexity index is 176. The Morgan fingerprint density at radius 2 is 1.25 bits per heavy atom. The third-order valence-corrected chi connectivity index (χ3v) is 3.39. The molecule has 0 amide bonds. The summed E-state index contributed by atoms with van der Waals surface area (Å²) in [6.07, 6.45) is 13.5. The Labute approximate surface area is 124 Å². The monoisotopic (exact) mass is 290 g/mol. The first-order chi connectivity index (χ1) is 9.81. The maximum absolute atomic E-state index is 8.99. The van der Waals surface area contributed by atoms with Gasteiger partial charge in [0.2, 0.25) is 0 Å². The minimum atomic E-state index is -0.840. The van der Waals surface area contributed by atoms with E-state index in [0.717, 1.165) is 6.42 Å². The quantitative estimate of drug-likeness (QED) is 0.259. The Morgan fingerprint density at radius 3 is 1.75 bits per heavy atom. The smallest absolute Gasteiger partial charge is 0.110 e. The molecular weight excluding hydrogens is 256 g/mol. The highest BCUT2D eigenvalue weighted by Gasteiger charge is 2.01. The van der Waals surface area contributed by atoms with Crippen molar-refractivity contribution < 1.29 is 20.0 Å². The summed E-state index contributed by atoms with van der Waals surface area (Å²) in [7, 11) is 0. The van der Waals surface area contributed by atoms with Gasteiger partial charge in [-0.25, -0.2) is 9.78 Å². The maximum atomic E-state index is 8.99. The average molecular weight is 290 g/mol. The van der Waals surface area contributed by atoms with Crippen molar-refractivity contribution in [3.63, 3.8) is 0 Å². The van der Waals surface area contributed by atoms with E-state index in [0.29, 0.717) is 6.61 Å². The molecule has 4 heteroatoms. The van der Waals surface area contributed by atoms with E-state index in [1.54, 1.807) is 0 Å². The molecule has 0 aliphatic rings. The van der Waals surface area contributed by atoms with E-state index >= 15 is 0 Å². The van der Waals surface area contributed by atoms with Gasteiger partial charge in [-0.2, -0.15) is 0 Å². The summed E-state index contributed by atoms with van der Waals surface area (Å²) >= 11 is 0. The second kappa shape index (κ2) is 16.9. The van der Waals surface area contributed by atoms with Crippen LogP contribution in [0.25, 0.3) is 0 Å². The molecule has 0 aromatic rings. The van der Waals surface area contributed by atoms with Crippen LogP contribution in [0.15, 0.2) is 0 Å². The molecule has 2 N–H and O–H groups in total. The third-order valence-electron chi connectivity index (χ3n) is 3.39. The van der Waals surface area contributed by atoms with Crippen molar-refractivity contribution in [3.05, 3.63) is 0 Å². The van der Waals surface area contributed by atoms with Crippen LogP contribution in [0.1, 0.15) is 77.6 Å². The normalized spacial score (nSPS) is 12.8. The third kappa shape index (κ3) is 15.9. The van der Waals surface area contributed by atoms with Gasteiger partial charge in [0.05, 0.1) is 13.2 Å². The lowest BCUT2D eigenvalue weighted by Crippen LogP contribution is -2.19. The van der Waals surface area contributed by atoms with Gasteiger partial charge >= 0.3 is 0 Å². The highest BCUT2D eigenvalue weighted by Crippen LogP contribution is 2.11. The number of hydrogen-bond acceptors (Lipinski definition) is 4. The average Bonchev–Trinajstić information content (AvgIpc) is 2.47. The van der Waals surface area contributed by atoms with Crippen LogP contribution in [0.2, 0.25) is 0 Å². The van der Waals surface area contributed by atoms with Crippen LogP contribution in [0.4, 0.5) is 0 Å². The van der Waals surface area contributed by atoms with Crippen LogP contribution in [0.5, 0.6) is 0 Å². The second-order valence-electron chi connectivity index (χ2n) is 5.48. The first kappa shape index (κ1) is 19.8. The molecule has 0 rings (SSSR count). The molecule has 0 radical (unpaired) electrons. The van der Waals surface area contributed by atoms with Gasteiger partial charge in [-0.15, -0.1) is 0 Å². The van der Waals surface area contributed by atoms with Gasteiger partial charge < -0.3 is 10.2 Å².